The molecule has 4 aromatic rings. The van der Waals surface area contributed by atoms with Crippen LogP contribution in [0.3, 0.4) is 0 Å². The van der Waals surface area contributed by atoms with Crippen molar-refractivity contribution in [1.82, 2.24) is 14.5 Å². The zero-order chi connectivity index (χ0) is 22.5. The van der Waals surface area contributed by atoms with E-state index in [1.54, 1.807) is 49.1 Å². The Labute approximate surface area is 189 Å². The van der Waals surface area contributed by atoms with Crippen molar-refractivity contribution in [1.29, 1.82) is 0 Å². The number of hydrogen-bond donors (Lipinski definition) is 1. The molecule has 0 aliphatic carbocycles. The molecule has 4 rings (SSSR count). The number of aromatic carboxylic acids is 1. The summed E-state index contributed by atoms with van der Waals surface area (Å²) in [5, 5.41) is 12.5. The Morgan fingerprint density at radius 3 is 2.69 bits per heavy atom. The average Bonchev–Trinajstić information content (AvgIpc) is 3.46. The molecule has 32 heavy (non-hydrogen) atoms. The molecule has 2 aromatic carbocycles. The van der Waals surface area contributed by atoms with Crippen molar-refractivity contribution < 1.29 is 19.0 Å². The molecule has 1 unspecified atom stereocenters. The van der Waals surface area contributed by atoms with Crippen LogP contribution in [0.25, 0.3) is 0 Å². The largest absolute Gasteiger partial charge is 0.492 e. The van der Waals surface area contributed by atoms with Crippen LogP contribution in [0.15, 0.2) is 66.6 Å². The van der Waals surface area contributed by atoms with Crippen molar-refractivity contribution in [2.24, 2.45) is 7.05 Å². The molecule has 6 nitrogen and oxygen atoms in total. The third-order valence-corrected chi connectivity index (χ3v) is 6.17. The summed E-state index contributed by atoms with van der Waals surface area (Å²) in [4.78, 5) is 20.5. The first-order chi connectivity index (χ1) is 15.5. The van der Waals surface area contributed by atoms with Crippen LogP contribution in [0, 0.1) is 5.82 Å². The zero-order valence-corrected chi connectivity index (χ0v) is 18.3. The summed E-state index contributed by atoms with van der Waals surface area (Å²) in [5.41, 5.74) is 2.83. The maximum absolute atomic E-state index is 13.1. The van der Waals surface area contributed by atoms with Gasteiger partial charge in [0.25, 0.3) is 0 Å². The fraction of sp³-hybridized carbons (Fsp3) is 0.208. The lowest BCUT2D eigenvalue weighted by Crippen LogP contribution is -2.15. The van der Waals surface area contributed by atoms with Crippen LogP contribution < -0.4 is 4.74 Å². The second kappa shape index (κ2) is 9.74. The Morgan fingerprint density at radius 1 is 1.22 bits per heavy atom. The van der Waals surface area contributed by atoms with E-state index in [2.05, 4.69) is 9.97 Å². The Morgan fingerprint density at radius 2 is 2.03 bits per heavy atom. The van der Waals surface area contributed by atoms with Crippen LogP contribution in [0.2, 0.25) is 0 Å². The summed E-state index contributed by atoms with van der Waals surface area (Å²) >= 11 is 1.54. The number of carbonyl (C=O) groups is 1. The van der Waals surface area contributed by atoms with Crippen molar-refractivity contribution in [2.45, 2.75) is 18.8 Å². The fourth-order valence-electron chi connectivity index (χ4n) is 3.57. The smallest absolute Gasteiger partial charge is 0.336 e. The molecule has 0 saturated carbocycles. The van der Waals surface area contributed by atoms with E-state index in [9.17, 15) is 14.3 Å². The normalized spacial score (nSPS) is 11.9. The minimum Gasteiger partial charge on any atom is -0.492 e. The molecule has 8 heteroatoms. The number of halogens is 1. The van der Waals surface area contributed by atoms with Crippen LogP contribution in [0.1, 0.15) is 38.1 Å². The number of carboxylic acid groups (broad SMARTS) is 1. The number of thiazole rings is 1. The Kier molecular flexibility index (Phi) is 6.61. The molecule has 2 aromatic heterocycles. The third kappa shape index (κ3) is 5.03. The quantitative estimate of drug-likeness (QED) is 0.399. The molecule has 0 bridgehead atoms. The van der Waals surface area contributed by atoms with E-state index in [-0.39, 0.29) is 17.3 Å². The number of rotatable bonds is 9. The van der Waals surface area contributed by atoms with Gasteiger partial charge in [-0.15, -0.1) is 11.3 Å². The minimum atomic E-state index is -1.01. The van der Waals surface area contributed by atoms with E-state index in [0.717, 1.165) is 16.3 Å². The summed E-state index contributed by atoms with van der Waals surface area (Å²) in [6.07, 6.45) is 6.42. The molecule has 0 aliphatic rings. The lowest BCUT2D eigenvalue weighted by atomic mass is 9.99. The summed E-state index contributed by atoms with van der Waals surface area (Å²) < 4.78 is 21.0. The van der Waals surface area contributed by atoms with Crippen molar-refractivity contribution >= 4 is 17.3 Å². The predicted octanol–water partition coefficient (Wildman–Crippen LogP) is 4.71. The molecule has 0 radical (unpaired) electrons. The topological polar surface area (TPSA) is 77.2 Å². The van der Waals surface area contributed by atoms with E-state index in [1.807, 2.05) is 17.0 Å². The molecule has 1 atom stereocenters. The molecular formula is C24H22FN3O3S. The highest BCUT2D eigenvalue weighted by Crippen LogP contribution is 2.28. The summed E-state index contributed by atoms with van der Waals surface area (Å²) in [6, 6.07) is 11.4. The number of aromatic nitrogens is 3. The van der Waals surface area contributed by atoms with Gasteiger partial charge in [0, 0.05) is 24.8 Å². The average molecular weight is 452 g/mol. The highest BCUT2D eigenvalue weighted by Gasteiger charge is 2.21. The van der Waals surface area contributed by atoms with Crippen LogP contribution in [-0.2, 0) is 19.9 Å². The van der Waals surface area contributed by atoms with Crippen molar-refractivity contribution in [3.05, 3.63) is 99.8 Å². The number of benzene rings is 2. The first kappa shape index (κ1) is 21.7. The number of hydrogen-bond acceptors (Lipinski definition) is 5. The Bertz CT molecular complexity index is 1190. The fourth-order valence-corrected chi connectivity index (χ4v) is 4.30. The lowest BCUT2D eigenvalue weighted by molar-refractivity contribution is 0.0695. The second-order valence-electron chi connectivity index (χ2n) is 7.41. The SMILES string of the molecule is Cn1cncc1C(COc1ccc(CCc2ccc(F)cc2)c(C(=O)O)c1)c1nccs1. The molecule has 164 valence electrons. The van der Waals surface area contributed by atoms with Gasteiger partial charge < -0.3 is 14.4 Å². The molecule has 0 fully saturated rings. The molecular weight excluding hydrogens is 429 g/mol. The number of nitrogens with zero attached hydrogens (tertiary/aromatic N) is 3. The van der Waals surface area contributed by atoms with E-state index in [0.29, 0.717) is 30.8 Å². The number of ether oxygens (including phenoxy) is 1. The maximum atomic E-state index is 13.1. The highest BCUT2D eigenvalue weighted by molar-refractivity contribution is 7.09. The summed E-state index contributed by atoms with van der Waals surface area (Å²) in [6.45, 7) is 0.307. The van der Waals surface area contributed by atoms with Crippen LogP contribution in [-0.4, -0.2) is 32.2 Å². The van der Waals surface area contributed by atoms with Gasteiger partial charge in [-0.05, 0) is 48.2 Å². The van der Waals surface area contributed by atoms with E-state index >= 15 is 0 Å². The molecule has 0 amide bonds. The van der Waals surface area contributed by atoms with Gasteiger partial charge in [0.15, 0.2) is 0 Å². The third-order valence-electron chi connectivity index (χ3n) is 5.29. The van der Waals surface area contributed by atoms with E-state index in [1.165, 1.54) is 23.5 Å². The first-order valence-corrected chi connectivity index (χ1v) is 11.0. The highest BCUT2D eigenvalue weighted by atomic mass is 32.1. The van der Waals surface area contributed by atoms with Gasteiger partial charge in [-0.1, -0.05) is 18.2 Å². The first-order valence-electron chi connectivity index (χ1n) is 10.1. The van der Waals surface area contributed by atoms with Gasteiger partial charge >= 0.3 is 5.97 Å². The standard InChI is InChI=1S/C24H22FN3O3S/c1-28-15-26-13-22(28)21(23-27-10-11-32-23)14-31-19-9-6-17(20(12-19)24(29)30)5-2-16-3-7-18(25)8-4-16/h3-4,6-13,15,21H,2,5,14H2,1H3,(H,29,30). The number of carboxylic acids is 1. The van der Waals surface area contributed by atoms with Gasteiger partial charge in [0.1, 0.15) is 23.2 Å². The van der Waals surface area contributed by atoms with Gasteiger partial charge in [-0.25, -0.2) is 19.2 Å². The minimum absolute atomic E-state index is 0.117. The Balaban J connectivity index is 1.50. The van der Waals surface area contributed by atoms with Gasteiger partial charge in [-0.3, -0.25) is 0 Å². The number of imidazole rings is 1. The van der Waals surface area contributed by atoms with Gasteiger partial charge in [0.2, 0.25) is 0 Å². The van der Waals surface area contributed by atoms with Crippen LogP contribution in [0.4, 0.5) is 4.39 Å². The number of aryl methyl sites for hydroxylation is 3. The molecule has 0 spiro atoms. The second-order valence-corrected chi connectivity index (χ2v) is 8.34. The van der Waals surface area contributed by atoms with Crippen molar-refractivity contribution in [3.8, 4) is 5.75 Å². The molecule has 1 N–H and O–H groups in total. The Hall–Kier alpha value is -3.52. The predicted molar refractivity (Wildman–Crippen MR) is 120 cm³/mol. The van der Waals surface area contributed by atoms with Gasteiger partial charge in [-0.2, -0.15) is 0 Å². The molecule has 2 heterocycles. The molecule has 0 aliphatic heterocycles. The molecule has 0 saturated heterocycles. The van der Waals surface area contributed by atoms with E-state index < -0.39 is 5.97 Å². The lowest BCUT2D eigenvalue weighted by Gasteiger charge is -2.17. The van der Waals surface area contributed by atoms with Crippen LogP contribution >= 0.6 is 11.3 Å². The summed E-state index contributed by atoms with van der Waals surface area (Å²) in [5.74, 6) is -0.929. The van der Waals surface area contributed by atoms with Gasteiger partial charge in [0.05, 0.1) is 23.5 Å². The monoisotopic (exact) mass is 451 g/mol. The van der Waals surface area contributed by atoms with E-state index in [4.69, 9.17) is 4.74 Å². The van der Waals surface area contributed by atoms with Crippen molar-refractivity contribution in [2.75, 3.05) is 6.61 Å². The van der Waals surface area contributed by atoms with Crippen molar-refractivity contribution in [3.63, 3.8) is 0 Å². The maximum Gasteiger partial charge on any atom is 0.336 e. The summed E-state index contributed by atoms with van der Waals surface area (Å²) in [7, 11) is 1.92. The zero-order valence-electron chi connectivity index (χ0n) is 17.4. The van der Waals surface area contributed by atoms with Crippen LogP contribution in [0.5, 0.6) is 5.75 Å².